The Labute approximate surface area is 94.2 Å². The lowest BCUT2D eigenvalue weighted by atomic mass is 10.1. The minimum absolute atomic E-state index is 0.145. The Morgan fingerprint density at radius 2 is 2.25 bits per heavy atom. The molecular formula is C10H7FN2O2S. The molecule has 6 heteroatoms. The minimum atomic E-state index is -1.17. The largest absolute Gasteiger partial charge is 0.476 e. The number of nitrogen functional groups attached to an aromatic ring is 1. The van der Waals surface area contributed by atoms with E-state index in [0.717, 1.165) is 11.3 Å². The molecule has 0 aliphatic heterocycles. The van der Waals surface area contributed by atoms with Gasteiger partial charge in [-0.1, -0.05) is 23.5 Å². The van der Waals surface area contributed by atoms with Crippen LogP contribution in [0.2, 0.25) is 0 Å². The molecular weight excluding hydrogens is 231 g/mol. The van der Waals surface area contributed by atoms with E-state index in [0.29, 0.717) is 10.4 Å². The van der Waals surface area contributed by atoms with Crippen LogP contribution in [0.4, 0.5) is 9.52 Å². The number of hydrogen-bond acceptors (Lipinski definition) is 4. The molecule has 1 aromatic heterocycles. The van der Waals surface area contributed by atoms with Crippen LogP contribution in [0, 0.1) is 5.82 Å². The van der Waals surface area contributed by atoms with Crippen LogP contribution in [0.5, 0.6) is 0 Å². The normalized spacial score (nSPS) is 10.3. The van der Waals surface area contributed by atoms with E-state index in [2.05, 4.69) is 4.98 Å². The summed E-state index contributed by atoms with van der Waals surface area (Å²) in [5.74, 6) is -1.60. The number of aromatic carboxylic acids is 1. The third-order valence-electron chi connectivity index (χ3n) is 1.93. The number of aromatic nitrogens is 1. The van der Waals surface area contributed by atoms with Gasteiger partial charge in [0.1, 0.15) is 5.82 Å². The fourth-order valence-corrected chi connectivity index (χ4v) is 2.13. The maximum atomic E-state index is 13.0. The summed E-state index contributed by atoms with van der Waals surface area (Å²) >= 11 is 1.02. The van der Waals surface area contributed by atoms with Gasteiger partial charge in [-0.25, -0.2) is 14.2 Å². The summed E-state index contributed by atoms with van der Waals surface area (Å²) in [6.45, 7) is 0. The molecule has 0 aliphatic carbocycles. The lowest BCUT2D eigenvalue weighted by Gasteiger charge is -1.98. The van der Waals surface area contributed by atoms with Gasteiger partial charge in [-0.3, -0.25) is 0 Å². The van der Waals surface area contributed by atoms with E-state index in [9.17, 15) is 9.18 Å². The van der Waals surface area contributed by atoms with Gasteiger partial charge in [0.25, 0.3) is 0 Å². The number of thiazole rings is 1. The molecule has 16 heavy (non-hydrogen) atoms. The van der Waals surface area contributed by atoms with Crippen molar-refractivity contribution in [3.8, 4) is 10.4 Å². The van der Waals surface area contributed by atoms with Gasteiger partial charge in [0.05, 0.1) is 4.88 Å². The maximum Gasteiger partial charge on any atom is 0.356 e. The molecule has 0 amide bonds. The van der Waals surface area contributed by atoms with Crippen molar-refractivity contribution >= 4 is 22.4 Å². The van der Waals surface area contributed by atoms with E-state index in [1.54, 1.807) is 6.07 Å². The van der Waals surface area contributed by atoms with Gasteiger partial charge in [0.2, 0.25) is 0 Å². The van der Waals surface area contributed by atoms with Crippen LogP contribution in [0.3, 0.4) is 0 Å². The molecule has 0 saturated carbocycles. The Hall–Kier alpha value is -1.95. The van der Waals surface area contributed by atoms with Crippen molar-refractivity contribution in [1.82, 2.24) is 4.98 Å². The highest BCUT2D eigenvalue weighted by molar-refractivity contribution is 7.19. The second kappa shape index (κ2) is 3.90. The van der Waals surface area contributed by atoms with Gasteiger partial charge in [0, 0.05) is 0 Å². The molecule has 1 heterocycles. The zero-order valence-electron chi connectivity index (χ0n) is 7.98. The minimum Gasteiger partial charge on any atom is -0.476 e. The Morgan fingerprint density at radius 3 is 2.88 bits per heavy atom. The van der Waals surface area contributed by atoms with Crippen molar-refractivity contribution in [3.05, 3.63) is 35.8 Å². The average molecular weight is 238 g/mol. The molecule has 0 atom stereocenters. The number of rotatable bonds is 2. The standard InChI is InChI=1S/C10H7FN2O2S/c11-6-3-1-2-5(4-6)8-7(9(14)15)13-10(12)16-8/h1-4H,(H2,12,13)(H,14,15). The number of hydrogen-bond donors (Lipinski definition) is 2. The molecule has 0 unspecified atom stereocenters. The van der Waals surface area contributed by atoms with E-state index in [1.807, 2.05) is 0 Å². The third-order valence-corrected chi connectivity index (χ3v) is 2.87. The molecule has 0 aliphatic rings. The first-order valence-electron chi connectivity index (χ1n) is 4.33. The van der Waals surface area contributed by atoms with E-state index < -0.39 is 11.8 Å². The summed E-state index contributed by atoms with van der Waals surface area (Å²) in [6, 6.07) is 5.66. The lowest BCUT2D eigenvalue weighted by Crippen LogP contribution is -1.99. The predicted octanol–water partition coefficient (Wildman–Crippen LogP) is 2.23. The van der Waals surface area contributed by atoms with Crippen LogP contribution in [0.25, 0.3) is 10.4 Å². The van der Waals surface area contributed by atoms with Gasteiger partial charge in [-0.2, -0.15) is 0 Å². The number of halogens is 1. The maximum absolute atomic E-state index is 13.0. The van der Waals surface area contributed by atoms with Crippen molar-refractivity contribution in [1.29, 1.82) is 0 Å². The zero-order chi connectivity index (χ0) is 11.7. The summed E-state index contributed by atoms with van der Waals surface area (Å²) in [4.78, 5) is 14.9. The summed E-state index contributed by atoms with van der Waals surface area (Å²) in [6.07, 6.45) is 0. The van der Waals surface area contributed by atoms with E-state index in [-0.39, 0.29) is 10.8 Å². The first-order valence-corrected chi connectivity index (χ1v) is 5.15. The van der Waals surface area contributed by atoms with Crippen molar-refractivity contribution in [2.45, 2.75) is 0 Å². The number of anilines is 1. The number of nitrogens with two attached hydrogens (primary N) is 1. The Bertz CT molecular complexity index is 554. The van der Waals surface area contributed by atoms with E-state index in [4.69, 9.17) is 10.8 Å². The molecule has 4 nitrogen and oxygen atoms in total. The monoisotopic (exact) mass is 238 g/mol. The average Bonchev–Trinajstić information content (AvgIpc) is 2.60. The second-order valence-corrected chi connectivity index (χ2v) is 4.08. The number of nitrogens with zero attached hydrogens (tertiary/aromatic N) is 1. The van der Waals surface area contributed by atoms with Crippen LogP contribution < -0.4 is 5.73 Å². The number of carboxylic acids is 1. The summed E-state index contributed by atoms with van der Waals surface area (Å²) < 4.78 is 13.0. The first kappa shape index (κ1) is 10.6. The van der Waals surface area contributed by atoms with Crippen LogP contribution >= 0.6 is 11.3 Å². The Morgan fingerprint density at radius 1 is 1.50 bits per heavy atom. The van der Waals surface area contributed by atoms with E-state index in [1.165, 1.54) is 18.2 Å². The molecule has 0 bridgehead atoms. The molecule has 0 saturated heterocycles. The third kappa shape index (κ3) is 1.87. The van der Waals surface area contributed by atoms with Gasteiger partial charge in [0.15, 0.2) is 10.8 Å². The smallest absolute Gasteiger partial charge is 0.356 e. The van der Waals surface area contributed by atoms with Crippen molar-refractivity contribution < 1.29 is 14.3 Å². The molecule has 0 radical (unpaired) electrons. The highest BCUT2D eigenvalue weighted by atomic mass is 32.1. The number of carbonyl (C=O) groups is 1. The van der Waals surface area contributed by atoms with Gasteiger partial charge < -0.3 is 10.8 Å². The SMILES string of the molecule is Nc1nc(C(=O)O)c(-c2cccc(F)c2)s1. The summed E-state index contributed by atoms with van der Waals surface area (Å²) in [5, 5.41) is 9.05. The molecule has 0 spiro atoms. The van der Waals surface area contributed by atoms with Crippen molar-refractivity contribution in [3.63, 3.8) is 0 Å². The zero-order valence-corrected chi connectivity index (χ0v) is 8.79. The summed E-state index contributed by atoms with van der Waals surface area (Å²) in [5.41, 5.74) is 5.76. The summed E-state index contributed by atoms with van der Waals surface area (Å²) in [7, 11) is 0. The lowest BCUT2D eigenvalue weighted by molar-refractivity contribution is 0.0692. The Balaban J connectivity index is 2.59. The molecule has 82 valence electrons. The van der Waals surface area contributed by atoms with Gasteiger partial charge >= 0.3 is 5.97 Å². The second-order valence-electron chi connectivity index (χ2n) is 3.05. The molecule has 0 fully saturated rings. The quantitative estimate of drug-likeness (QED) is 0.841. The molecule has 2 aromatic rings. The van der Waals surface area contributed by atoms with Gasteiger partial charge in [-0.05, 0) is 17.7 Å². The highest BCUT2D eigenvalue weighted by Gasteiger charge is 2.17. The van der Waals surface area contributed by atoms with Crippen LogP contribution in [-0.4, -0.2) is 16.1 Å². The number of benzene rings is 1. The van der Waals surface area contributed by atoms with Crippen molar-refractivity contribution in [2.75, 3.05) is 5.73 Å². The van der Waals surface area contributed by atoms with Crippen LogP contribution in [0.1, 0.15) is 10.5 Å². The van der Waals surface area contributed by atoms with Crippen LogP contribution in [0.15, 0.2) is 24.3 Å². The topological polar surface area (TPSA) is 76.2 Å². The predicted molar refractivity (Wildman–Crippen MR) is 58.9 cm³/mol. The van der Waals surface area contributed by atoms with Crippen LogP contribution in [-0.2, 0) is 0 Å². The van der Waals surface area contributed by atoms with Gasteiger partial charge in [-0.15, -0.1) is 0 Å². The van der Waals surface area contributed by atoms with Crippen molar-refractivity contribution in [2.24, 2.45) is 0 Å². The first-order chi connectivity index (χ1) is 7.58. The molecule has 1 aromatic carbocycles. The molecule has 2 rings (SSSR count). The number of carboxylic acid groups (broad SMARTS) is 1. The van der Waals surface area contributed by atoms with E-state index >= 15 is 0 Å². The molecule has 3 N–H and O–H groups in total. The fraction of sp³-hybridized carbons (Fsp3) is 0. The Kier molecular flexibility index (Phi) is 2.57. The fourth-order valence-electron chi connectivity index (χ4n) is 1.31. The highest BCUT2D eigenvalue weighted by Crippen LogP contribution is 2.31.